The Labute approximate surface area is 114 Å². The number of allylic oxidation sites excluding steroid dienone is 2. The monoisotopic (exact) mass is 272 g/mol. The number of halogens is 1. The molecule has 1 aliphatic rings. The molecule has 3 nitrogen and oxygen atoms in total. The molecule has 0 spiro atoms. The predicted octanol–water partition coefficient (Wildman–Crippen LogP) is 3.62. The molecule has 0 fully saturated rings. The van der Waals surface area contributed by atoms with Crippen LogP contribution in [-0.4, -0.2) is 11.6 Å². The topological polar surface area (TPSA) is 47.3 Å². The summed E-state index contributed by atoms with van der Waals surface area (Å²) in [6.45, 7) is 1.76. The van der Waals surface area contributed by atoms with Crippen molar-refractivity contribution in [1.82, 2.24) is 0 Å². The van der Waals surface area contributed by atoms with E-state index in [1.54, 1.807) is 43.3 Å². The van der Waals surface area contributed by atoms with E-state index in [9.17, 15) is 9.59 Å². The van der Waals surface area contributed by atoms with Crippen LogP contribution in [0.5, 0.6) is 0 Å². The second-order valence-electron chi connectivity index (χ2n) is 4.30. The number of carbonyl (C=O) groups is 2. The summed E-state index contributed by atoms with van der Waals surface area (Å²) in [4.78, 5) is 24.6. The van der Waals surface area contributed by atoms with Crippen LogP contribution in [0.1, 0.15) is 32.2 Å². The Morgan fingerprint density at radius 1 is 0.947 bits per heavy atom. The number of ketones is 2. The fourth-order valence-electron chi connectivity index (χ4n) is 2.13. The van der Waals surface area contributed by atoms with Crippen molar-refractivity contribution in [2.75, 3.05) is 0 Å². The number of fused-ring (bicyclic) bond motifs is 1. The van der Waals surface area contributed by atoms with Crippen molar-refractivity contribution in [1.29, 1.82) is 0 Å². The first-order valence-electron chi connectivity index (χ1n) is 5.74. The van der Waals surface area contributed by atoms with Gasteiger partial charge in [0, 0.05) is 11.1 Å². The summed E-state index contributed by atoms with van der Waals surface area (Å²) in [5.74, 6) is 0.358. The Morgan fingerprint density at radius 3 is 2.16 bits per heavy atom. The highest BCUT2D eigenvalue weighted by molar-refractivity contribution is 6.56. The van der Waals surface area contributed by atoms with Gasteiger partial charge in [-0.1, -0.05) is 35.9 Å². The maximum Gasteiger partial charge on any atom is 0.206 e. The zero-order valence-electron chi connectivity index (χ0n) is 10.1. The molecular weight excluding hydrogens is 264 g/mol. The van der Waals surface area contributed by atoms with E-state index < -0.39 is 0 Å². The maximum absolute atomic E-state index is 12.4. The molecule has 1 aromatic carbocycles. The molecule has 1 aliphatic carbocycles. The van der Waals surface area contributed by atoms with Gasteiger partial charge in [0.05, 0.1) is 5.57 Å². The second-order valence-corrected chi connectivity index (χ2v) is 4.68. The molecule has 0 saturated carbocycles. The second kappa shape index (κ2) is 4.21. The lowest BCUT2D eigenvalue weighted by Crippen LogP contribution is -2.18. The number of furan rings is 1. The average molecular weight is 273 g/mol. The van der Waals surface area contributed by atoms with Crippen molar-refractivity contribution < 1.29 is 14.0 Å². The van der Waals surface area contributed by atoms with Gasteiger partial charge in [-0.05, 0) is 19.1 Å². The van der Waals surface area contributed by atoms with Crippen molar-refractivity contribution in [2.24, 2.45) is 0 Å². The zero-order chi connectivity index (χ0) is 13.6. The number of rotatable bonds is 1. The van der Waals surface area contributed by atoms with Crippen molar-refractivity contribution in [3.05, 3.63) is 64.1 Å². The molecule has 0 saturated heterocycles. The maximum atomic E-state index is 12.4. The van der Waals surface area contributed by atoms with Crippen molar-refractivity contribution in [2.45, 2.75) is 6.92 Å². The van der Waals surface area contributed by atoms with Gasteiger partial charge in [0.1, 0.15) is 16.6 Å². The van der Waals surface area contributed by atoms with E-state index >= 15 is 0 Å². The minimum atomic E-state index is -0.346. The number of Topliss-reactive ketones (excluding diaryl/α,β-unsaturated/α-hetero) is 2. The summed E-state index contributed by atoms with van der Waals surface area (Å²) < 4.78 is 5.41. The first-order valence-corrected chi connectivity index (χ1v) is 6.12. The van der Waals surface area contributed by atoms with E-state index in [1.165, 1.54) is 0 Å². The van der Waals surface area contributed by atoms with Crippen LogP contribution in [0.4, 0.5) is 0 Å². The fourth-order valence-corrected chi connectivity index (χ4v) is 2.41. The summed E-state index contributed by atoms with van der Waals surface area (Å²) >= 11 is 6.05. The SMILES string of the molecule is Cc1ccc(C2=C(Cl)C(=O)c3ccccc3C2=O)o1. The Bertz CT molecular complexity index is 737. The summed E-state index contributed by atoms with van der Waals surface area (Å²) in [5.41, 5.74) is 0.837. The summed E-state index contributed by atoms with van der Waals surface area (Å²) in [6, 6.07) is 10.0. The van der Waals surface area contributed by atoms with E-state index in [-0.39, 0.29) is 22.2 Å². The Kier molecular flexibility index (Phi) is 2.64. The molecule has 19 heavy (non-hydrogen) atoms. The highest BCUT2D eigenvalue weighted by atomic mass is 35.5. The van der Waals surface area contributed by atoms with Crippen molar-refractivity contribution >= 4 is 28.7 Å². The normalized spacial score (nSPS) is 14.8. The summed E-state index contributed by atoms with van der Waals surface area (Å²) in [6.07, 6.45) is 0. The van der Waals surface area contributed by atoms with Gasteiger partial charge in [-0.3, -0.25) is 9.59 Å². The molecule has 0 atom stereocenters. The molecule has 0 radical (unpaired) electrons. The minimum Gasteiger partial charge on any atom is -0.461 e. The first-order chi connectivity index (χ1) is 9.09. The fraction of sp³-hybridized carbons (Fsp3) is 0.0667. The summed E-state index contributed by atoms with van der Waals surface area (Å²) in [7, 11) is 0. The third-order valence-electron chi connectivity index (χ3n) is 3.05. The van der Waals surface area contributed by atoms with E-state index in [2.05, 4.69) is 0 Å². The van der Waals surface area contributed by atoms with Gasteiger partial charge in [-0.25, -0.2) is 0 Å². The zero-order valence-corrected chi connectivity index (χ0v) is 10.8. The number of hydrogen-bond acceptors (Lipinski definition) is 3. The molecule has 1 aromatic heterocycles. The number of carbonyl (C=O) groups excluding carboxylic acids is 2. The van der Waals surface area contributed by atoms with Crippen molar-refractivity contribution in [3.8, 4) is 0 Å². The van der Waals surface area contributed by atoms with Crippen LogP contribution in [0.2, 0.25) is 0 Å². The smallest absolute Gasteiger partial charge is 0.206 e. The van der Waals surface area contributed by atoms with E-state index in [1.807, 2.05) is 0 Å². The van der Waals surface area contributed by atoms with Crippen LogP contribution in [0.25, 0.3) is 5.57 Å². The molecule has 0 N–H and O–H groups in total. The lowest BCUT2D eigenvalue weighted by Gasteiger charge is -2.16. The van der Waals surface area contributed by atoms with Crippen LogP contribution in [0, 0.1) is 6.92 Å². The molecule has 0 bridgehead atoms. The van der Waals surface area contributed by atoms with Gasteiger partial charge in [-0.2, -0.15) is 0 Å². The minimum absolute atomic E-state index is 0.0851. The molecule has 94 valence electrons. The van der Waals surface area contributed by atoms with E-state index in [0.29, 0.717) is 22.6 Å². The Morgan fingerprint density at radius 2 is 1.58 bits per heavy atom. The van der Waals surface area contributed by atoms with E-state index in [0.717, 1.165) is 0 Å². The largest absolute Gasteiger partial charge is 0.461 e. The summed E-state index contributed by atoms with van der Waals surface area (Å²) in [5, 5.41) is -0.0851. The van der Waals surface area contributed by atoms with Gasteiger partial charge in [-0.15, -0.1) is 0 Å². The van der Waals surface area contributed by atoms with Gasteiger partial charge < -0.3 is 4.42 Å². The van der Waals surface area contributed by atoms with Gasteiger partial charge >= 0.3 is 0 Å². The molecule has 0 amide bonds. The molecule has 0 aliphatic heterocycles. The van der Waals surface area contributed by atoms with Gasteiger partial charge in [0.15, 0.2) is 5.78 Å². The average Bonchev–Trinajstić information content (AvgIpc) is 2.83. The van der Waals surface area contributed by atoms with Crippen molar-refractivity contribution in [3.63, 3.8) is 0 Å². The number of benzene rings is 1. The Hall–Kier alpha value is -2.13. The highest BCUT2D eigenvalue weighted by Crippen LogP contribution is 2.34. The predicted molar refractivity (Wildman–Crippen MR) is 71.3 cm³/mol. The van der Waals surface area contributed by atoms with Crippen LogP contribution in [0.3, 0.4) is 0 Å². The third kappa shape index (κ3) is 1.74. The standard InChI is InChI=1S/C15H9ClO3/c1-8-6-7-11(19-8)12-13(16)15(18)10-5-3-2-4-9(10)14(12)17/h2-7H,1H3. The number of hydrogen-bond donors (Lipinski definition) is 0. The molecular formula is C15H9ClO3. The van der Waals surface area contributed by atoms with Crippen LogP contribution >= 0.6 is 11.6 Å². The Balaban J connectivity index is 2.24. The molecule has 1 heterocycles. The lowest BCUT2D eigenvalue weighted by atomic mass is 9.88. The molecule has 3 rings (SSSR count). The number of aryl methyl sites for hydroxylation is 1. The lowest BCUT2D eigenvalue weighted by molar-refractivity contribution is 0.0996. The highest BCUT2D eigenvalue weighted by Gasteiger charge is 2.33. The van der Waals surface area contributed by atoms with Crippen LogP contribution < -0.4 is 0 Å². The van der Waals surface area contributed by atoms with Gasteiger partial charge in [0.25, 0.3) is 0 Å². The van der Waals surface area contributed by atoms with Gasteiger partial charge in [0.2, 0.25) is 5.78 Å². The molecule has 2 aromatic rings. The molecule has 4 heteroatoms. The van der Waals surface area contributed by atoms with Crippen LogP contribution in [0.15, 0.2) is 45.8 Å². The first kappa shape index (κ1) is 11.9. The van der Waals surface area contributed by atoms with Crippen LogP contribution in [-0.2, 0) is 0 Å². The van der Waals surface area contributed by atoms with E-state index in [4.69, 9.17) is 16.0 Å². The molecule has 0 unspecified atom stereocenters. The quantitative estimate of drug-likeness (QED) is 0.796. The third-order valence-corrected chi connectivity index (χ3v) is 3.41.